The third-order valence-corrected chi connectivity index (χ3v) is 5.21. The molecule has 4 aromatic rings. The van der Waals surface area contributed by atoms with Crippen LogP contribution in [-0.4, -0.2) is 21.8 Å². The first-order valence-corrected chi connectivity index (χ1v) is 10.5. The molecule has 162 valence electrons. The van der Waals surface area contributed by atoms with Gasteiger partial charge < -0.3 is 14.3 Å². The summed E-state index contributed by atoms with van der Waals surface area (Å²) >= 11 is 0. The number of aliphatic carboxylic acids is 1. The van der Waals surface area contributed by atoms with Gasteiger partial charge >= 0.3 is 5.97 Å². The molecule has 1 unspecified atom stereocenters. The van der Waals surface area contributed by atoms with Crippen molar-refractivity contribution in [1.29, 1.82) is 0 Å². The average Bonchev–Trinajstić information content (AvgIpc) is 3.25. The van der Waals surface area contributed by atoms with E-state index in [1.165, 1.54) is 0 Å². The van der Waals surface area contributed by atoms with E-state index >= 15 is 0 Å². The van der Waals surface area contributed by atoms with Crippen molar-refractivity contribution in [2.45, 2.75) is 26.4 Å². The van der Waals surface area contributed by atoms with Gasteiger partial charge in [-0.05, 0) is 54.4 Å². The highest BCUT2D eigenvalue weighted by Crippen LogP contribution is 2.28. The van der Waals surface area contributed by atoms with Gasteiger partial charge in [0.05, 0.1) is 0 Å². The van der Waals surface area contributed by atoms with Gasteiger partial charge in [0.1, 0.15) is 23.8 Å². The first-order chi connectivity index (χ1) is 15.5. The number of hydrogen-bond acceptors (Lipinski definition) is 5. The number of carbonyl (C=O) groups excluding carboxylic acids is 1. The summed E-state index contributed by atoms with van der Waals surface area (Å²) in [5.41, 5.74) is 3.21. The summed E-state index contributed by atoms with van der Waals surface area (Å²) in [6.07, 6.45) is 0.912. The normalized spacial score (nSPS) is 11.9. The molecule has 0 fully saturated rings. The number of fused-ring (bicyclic) bond motifs is 1. The average molecular weight is 429 g/mol. The molecule has 6 heteroatoms. The van der Waals surface area contributed by atoms with Gasteiger partial charge in [0.15, 0.2) is 11.4 Å². The topological polar surface area (TPSA) is 89.6 Å². The van der Waals surface area contributed by atoms with Crippen molar-refractivity contribution in [3.8, 4) is 17.2 Å². The maximum atomic E-state index is 12.6. The molecule has 3 aromatic carbocycles. The highest BCUT2D eigenvalue weighted by molar-refractivity contribution is 6.09. The van der Waals surface area contributed by atoms with Crippen molar-refractivity contribution in [1.82, 2.24) is 4.98 Å². The van der Waals surface area contributed by atoms with Crippen molar-refractivity contribution < 1.29 is 23.8 Å². The Labute approximate surface area is 185 Å². The lowest BCUT2D eigenvalue weighted by atomic mass is 9.93. The molecule has 0 saturated heterocycles. The smallest absolute Gasteiger partial charge is 0.314 e. The second kappa shape index (κ2) is 9.47. The second-order valence-corrected chi connectivity index (χ2v) is 7.54. The van der Waals surface area contributed by atoms with Crippen LogP contribution in [0.3, 0.4) is 0 Å². The van der Waals surface area contributed by atoms with Gasteiger partial charge in [-0.2, -0.15) is 0 Å². The Morgan fingerprint density at radius 1 is 1.03 bits per heavy atom. The molecule has 32 heavy (non-hydrogen) atoms. The summed E-state index contributed by atoms with van der Waals surface area (Å²) in [6, 6.07) is 22.2. The van der Waals surface area contributed by atoms with Gasteiger partial charge in [0, 0.05) is 11.1 Å². The minimum atomic E-state index is -1.11. The molecule has 1 atom stereocenters. The lowest BCUT2D eigenvalue weighted by Crippen LogP contribution is -2.23. The first kappa shape index (κ1) is 21.3. The second-order valence-electron chi connectivity index (χ2n) is 7.54. The monoisotopic (exact) mass is 429 g/mol. The zero-order valence-electron chi connectivity index (χ0n) is 17.7. The summed E-state index contributed by atoms with van der Waals surface area (Å²) in [5.74, 6) is -1.42. The van der Waals surface area contributed by atoms with Gasteiger partial charge in [-0.3, -0.25) is 9.59 Å². The van der Waals surface area contributed by atoms with Gasteiger partial charge in [-0.25, -0.2) is 4.98 Å². The number of hydrogen-bond donors (Lipinski definition) is 1. The van der Waals surface area contributed by atoms with Crippen molar-refractivity contribution in [3.63, 3.8) is 0 Å². The zero-order chi connectivity index (χ0) is 22.5. The van der Waals surface area contributed by atoms with E-state index in [0.717, 1.165) is 16.9 Å². The lowest BCUT2D eigenvalue weighted by molar-refractivity contribution is -0.140. The van der Waals surface area contributed by atoms with Crippen LogP contribution in [0.2, 0.25) is 0 Å². The van der Waals surface area contributed by atoms with E-state index in [1.54, 1.807) is 18.2 Å². The number of carboxylic acids is 1. The molecular formula is C26H23NO5. The summed E-state index contributed by atoms with van der Waals surface area (Å²) in [5, 5.41) is 9.36. The quantitative estimate of drug-likeness (QED) is 0.269. The molecule has 1 N–H and O–H groups in total. The summed E-state index contributed by atoms with van der Waals surface area (Å²) in [6.45, 7) is 2.34. The molecule has 0 radical (unpaired) electrons. The van der Waals surface area contributed by atoms with Crippen molar-refractivity contribution in [3.05, 3.63) is 83.9 Å². The SMILES string of the molecule is CCCC(C(=O)O)C(=O)c1ccc2nc(-c3ccc(OCc4ccccc4)cc3)oc2c1. The molecule has 0 bridgehead atoms. The molecule has 1 aromatic heterocycles. The zero-order valence-corrected chi connectivity index (χ0v) is 17.7. The van der Waals surface area contributed by atoms with E-state index in [-0.39, 0.29) is 0 Å². The largest absolute Gasteiger partial charge is 0.489 e. The molecule has 0 amide bonds. The number of benzene rings is 3. The molecular weight excluding hydrogens is 406 g/mol. The molecule has 0 aliphatic carbocycles. The predicted octanol–water partition coefficient (Wildman–Crippen LogP) is 5.76. The van der Waals surface area contributed by atoms with E-state index < -0.39 is 17.7 Å². The van der Waals surface area contributed by atoms with Crippen LogP contribution in [0.1, 0.15) is 35.7 Å². The number of ether oxygens (including phenoxy) is 1. The fourth-order valence-corrected chi connectivity index (χ4v) is 3.49. The fraction of sp³-hybridized carbons (Fsp3) is 0.192. The molecule has 6 nitrogen and oxygen atoms in total. The van der Waals surface area contributed by atoms with E-state index in [2.05, 4.69) is 4.98 Å². The first-order valence-electron chi connectivity index (χ1n) is 10.5. The number of oxazole rings is 1. The summed E-state index contributed by atoms with van der Waals surface area (Å²) in [7, 11) is 0. The van der Waals surface area contributed by atoms with Crippen LogP contribution in [0.5, 0.6) is 5.75 Å². The molecule has 0 saturated carbocycles. The van der Waals surface area contributed by atoms with E-state index in [0.29, 0.717) is 42.0 Å². The van der Waals surface area contributed by atoms with Crippen LogP contribution in [-0.2, 0) is 11.4 Å². The minimum absolute atomic E-state index is 0.298. The van der Waals surface area contributed by atoms with Crippen LogP contribution in [0.4, 0.5) is 0 Å². The van der Waals surface area contributed by atoms with E-state index in [1.807, 2.05) is 61.5 Å². The number of Topliss-reactive ketones (excluding diaryl/α,β-unsaturated/α-hetero) is 1. The van der Waals surface area contributed by atoms with Crippen LogP contribution in [0.25, 0.3) is 22.6 Å². The van der Waals surface area contributed by atoms with Crippen LogP contribution >= 0.6 is 0 Å². The molecule has 1 heterocycles. The van der Waals surface area contributed by atoms with Gasteiger partial charge in [0.25, 0.3) is 0 Å². The molecule has 4 rings (SSSR count). The fourth-order valence-electron chi connectivity index (χ4n) is 3.49. The maximum Gasteiger partial charge on any atom is 0.314 e. The van der Waals surface area contributed by atoms with Crippen LogP contribution < -0.4 is 4.74 Å². The Kier molecular flexibility index (Phi) is 6.31. The van der Waals surface area contributed by atoms with Gasteiger partial charge in [-0.1, -0.05) is 43.7 Å². The van der Waals surface area contributed by atoms with Crippen LogP contribution in [0, 0.1) is 5.92 Å². The van der Waals surface area contributed by atoms with Crippen molar-refractivity contribution in [2.75, 3.05) is 0 Å². The van der Waals surface area contributed by atoms with Crippen molar-refractivity contribution >= 4 is 22.9 Å². The third-order valence-electron chi connectivity index (χ3n) is 5.21. The molecule has 0 aliphatic heterocycles. The number of carbonyl (C=O) groups is 2. The van der Waals surface area contributed by atoms with E-state index in [9.17, 15) is 14.7 Å². The molecule has 0 aliphatic rings. The minimum Gasteiger partial charge on any atom is -0.489 e. The number of ketones is 1. The Hall–Kier alpha value is -3.93. The highest BCUT2D eigenvalue weighted by atomic mass is 16.5. The van der Waals surface area contributed by atoms with E-state index in [4.69, 9.17) is 9.15 Å². The van der Waals surface area contributed by atoms with Gasteiger partial charge in [0.2, 0.25) is 5.89 Å². The number of rotatable bonds is 9. The number of carboxylic acid groups (broad SMARTS) is 1. The third kappa shape index (κ3) is 4.70. The Bertz CT molecular complexity index is 1230. The lowest BCUT2D eigenvalue weighted by Gasteiger charge is -2.09. The molecule has 0 spiro atoms. The predicted molar refractivity (Wildman–Crippen MR) is 121 cm³/mol. The van der Waals surface area contributed by atoms with Gasteiger partial charge in [-0.15, -0.1) is 0 Å². The Morgan fingerprint density at radius 2 is 1.78 bits per heavy atom. The summed E-state index contributed by atoms with van der Waals surface area (Å²) in [4.78, 5) is 28.6. The summed E-state index contributed by atoms with van der Waals surface area (Å²) < 4.78 is 11.7. The Morgan fingerprint density at radius 3 is 2.47 bits per heavy atom. The number of nitrogens with zero attached hydrogens (tertiary/aromatic N) is 1. The standard InChI is InChI=1S/C26H23NO5/c1-2-6-21(26(29)30)24(28)19-11-14-22-23(15-19)32-25(27-22)18-9-12-20(13-10-18)31-16-17-7-4-3-5-8-17/h3-5,7-15,21H,2,6,16H2,1H3,(H,29,30). The number of aromatic nitrogens is 1. The van der Waals surface area contributed by atoms with Crippen LogP contribution in [0.15, 0.2) is 77.2 Å². The maximum absolute atomic E-state index is 12.6. The highest BCUT2D eigenvalue weighted by Gasteiger charge is 2.26. The van der Waals surface area contributed by atoms with Crippen molar-refractivity contribution in [2.24, 2.45) is 5.92 Å². The Balaban J connectivity index is 1.51.